The normalized spacial score (nSPS) is 22.1. The minimum Gasteiger partial charge on any atom is -0.459 e. The average molecular weight is 513 g/mol. The molecule has 0 radical (unpaired) electrons. The molecule has 5 rings (SSSR count). The Hall–Kier alpha value is -3.34. The summed E-state index contributed by atoms with van der Waals surface area (Å²) in [7, 11) is 0. The van der Waals surface area contributed by atoms with Crippen LogP contribution in [0.5, 0.6) is 0 Å². The molecule has 2 aliphatic carbocycles. The molecule has 3 aliphatic rings. The number of esters is 1. The van der Waals surface area contributed by atoms with E-state index in [9.17, 15) is 9.59 Å². The van der Waals surface area contributed by atoms with E-state index in [1.807, 2.05) is 25.1 Å². The van der Waals surface area contributed by atoms with Crippen molar-refractivity contribution in [2.24, 2.45) is 0 Å². The maximum absolute atomic E-state index is 13.8. The van der Waals surface area contributed by atoms with Crippen molar-refractivity contribution in [1.29, 1.82) is 0 Å². The molecule has 5 heteroatoms. The number of nitrogens with zero attached hydrogens (tertiary/aromatic N) is 1. The van der Waals surface area contributed by atoms with Gasteiger partial charge in [0.05, 0.1) is 5.57 Å². The first kappa shape index (κ1) is 26.3. The highest BCUT2D eigenvalue weighted by atomic mass is 16.5. The minimum atomic E-state index is -0.419. The molecule has 1 aliphatic heterocycles. The van der Waals surface area contributed by atoms with Gasteiger partial charge in [-0.2, -0.15) is 0 Å². The van der Waals surface area contributed by atoms with Gasteiger partial charge in [-0.1, -0.05) is 48.9 Å². The Balaban J connectivity index is 1.52. The van der Waals surface area contributed by atoms with Gasteiger partial charge in [-0.05, 0) is 82.1 Å². The molecule has 0 spiro atoms. The van der Waals surface area contributed by atoms with Crippen LogP contribution in [-0.2, 0) is 14.3 Å². The summed E-state index contributed by atoms with van der Waals surface area (Å²) in [4.78, 5) is 29.9. The number of ketones is 1. The molecule has 2 atom stereocenters. The molecule has 38 heavy (non-hydrogen) atoms. The highest BCUT2D eigenvalue weighted by Gasteiger charge is 2.42. The number of allylic oxidation sites excluding steroid dienone is 3. The van der Waals surface area contributed by atoms with Gasteiger partial charge < -0.3 is 15.0 Å². The summed E-state index contributed by atoms with van der Waals surface area (Å²) in [6.45, 7) is 8.11. The molecule has 1 fully saturated rings. The van der Waals surface area contributed by atoms with E-state index in [1.165, 1.54) is 12.0 Å². The summed E-state index contributed by atoms with van der Waals surface area (Å²) in [5.74, 6) is -0.466. The van der Waals surface area contributed by atoms with Gasteiger partial charge in [0.15, 0.2) is 5.78 Å². The zero-order chi connectivity index (χ0) is 26.6. The minimum absolute atomic E-state index is 0.0397. The summed E-state index contributed by atoms with van der Waals surface area (Å²) in [5.41, 5.74) is 6.34. The van der Waals surface area contributed by atoms with Crippen LogP contribution in [0.1, 0.15) is 88.7 Å². The lowest BCUT2D eigenvalue weighted by Crippen LogP contribution is -2.37. The van der Waals surface area contributed by atoms with Crippen molar-refractivity contribution in [1.82, 2.24) is 5.32 Å². The number of benzene rings is 2. The van der Waals surface area contributed by atoms with Crippen molar-refractivity contribution in [3.63, 3.8) is 0 Å². The summed E-state index contributed by atoms with van der Waals surface area (Å²) >= 11 is 0. The first-order valence-electron chi connectivity index (χ1n) is 14.3. The largest absolute Gasteiger partial charge is 0.459 e. The van der Waals surface area contributed by atoms with Crippen molar-refractivity contribution in [2.75, 3.05) is 18.0 Å². The predicted octanol–water partition coefficient (Wildman–Crippen LogP) is 6.77. The molecule has 1 saturated carbocycles. The van der Waals surface area contributed by atoms with Crippen LogP contribution in [0.3, 0.4) is 0 Å². The summed E-state index contributed by atoms with van der Waals surface area (Å²) in [6, 6.07) is 18.7. The van der Waals surface area contributed by atoms with E-state index < -0.39 is 5.92 Å². The Morgan fingerprint density at radius 1 is 0.921 bits per heavy atom. The number of carbonyl (C=O) groups excluding carboxylic acids is 2. The Morgan fingerprint density at radius 2 is 1.61 bits per heavy atom. The number of carbonyl (C=O) groups is 2. The smallest absolute Gasteiger partial charge is 0.337 e. The first-order valence-corrected chi connectivity index (χ1v) is 14.3. The molecule has 5 nitrogen and oxygen atoms in total. The van der Waals surface area contributed by atoms with Crippen LogP contribution in [0.25, 0.3) is 0 Å². The Morgan fingerprint density at radius 3 is 2.26 bits per heavy atom. The molecule has 0 amide bonds. The van der Waals surface area contributed by atoms with Gasteiger partial charge in [-0.25, -0.2) is 4.79 Å². The zero-order valence-corrected chi connectivity index (χ0v) is 23.0. The summed E-state index contributed by atoms with van der Waals surface area (Å²) in [6.07, 6.45) is 6.39. The molecule has 0 bridgehead atoms. The fourth-order valence-corrected chi connectivity index (χ4v) is 6.47. The maximum Gasteiger partial charge on any atom is 0.337 e. The van der Waals surface area contributed by atoms with Crippen molar-refractivity contribution in [3.05, 3.63) is 88.3 Å². The van der Waals surface area contributed by atoms with Crippen molar-refractivity contribution in [3.8, 4) is 0 Å². The molecular formula is C33H40N2O3. The first-order chi connectivity index (χ1) is 18.5. The molecule has 0 aromatic heterocycles. The molecule has 0 saturated heterocycles. The highest BCUT2D eigenvalue weighted by Crippen LogP contribution is 2.46. The SMILES string of the molecule is CCN(CC)c1ccc([C@@H]2C(C(=O)OC3CCCCC3)=C(C)NC3=C2C(=O)C[C@H](c2ccccc2)C3)cc1. The van der Waals surface area contributed by atoms with E-state index in [4.69, 9.17) is 4.74 Å². The molecule has 1 heterocycles. The fraction of sp³-hybridized carbons (Fsp3) is 0.455. The topological polar surface area (TPSA) is 58.6 Å². The third-order valence-corrected chi connectivity index (χ3v) is 8.50. The Bertz CT molecular complexity index is 1220. The lowest BCUT2D eigenvalue weighted by atomic mass is 9.71. The highest BCUT2D eigenvalue weighted by molar-refractivity contribution is 6.04. The van der Waals surface area contributed by atoms with Gasteiger partial charge in [0.25, 0.3) is 0 Å². The Labute approximate surface area is 227 Å². The molecule has 0 unspecified atom stereocenters. The second-order valence-electron chi connectivity index (χ2n) is 10.9. The van der Waals surface area contributed by atoms with Gasteiger partial charge in [-0.3, -0.25) is 4.79 Å². The van der Waals surface area contributed by atoms with Gasteiger partial charge >= 0.3 is 5.97 Å². The second kappa shape index (κ2) is 11.6. The van der Waals surface area contributed by atoms with Gasteiger partial charge in [0.2, 0.25) is 0 Å². The van der Waals surface area contributed by atoms with Crippen LogP contribution in [0, 0.1) is 0 Å². The molecular weight excluding hydrogens is 472 g/mol. The molecule has 2 aromatic rings. The van der Waals surface area contributed by atoms with Crippen LogP contribution in [0.2, 0.25) is 0 Å². The zero-order valence-electron chi connectivity index (χ0n) is 23.0. The van der Waals surface area contributed by atoms with Crippen molar-refractivity contribution in [2.45, 2.75) is 83.7 Å². The van der Waals surface area contributed by atoms with E-state index in [2.05, 4.69) is 60.5 Å². The van der Waals surface area contributed by atoms with Crippen LogP contribution in [0.4, 0.5) is 5.69 Å². The number of anilines is 1. The number of hydrogen-bond donors (Lipinski definition) is 1. The number of dihydropyridines is 1. The third-order valence-electron chi connectivity index (χ3n) is 8.50. The maximum atomic E-state index is 13.8. The van der Waals surface area contributed by atoms with E-state index >= 15 is 0 Å². The Kier molecular flexibility index (Phi) is 8.01. The molecule has 1 N–H and O–H groups in total. The van der Waals surface area contributed by atoms with Crippen LogP contribution < -0.4 is 10.2 Å². The van der Waals surface area contributed by atoms with E-state index in [0.717, 1.165) is 73.4 Å². The lowest BCUT2D eigenvalue weighted by molar-refractivity contribution is -0.146. The number of ether oxygens (including phenoxy) is 1. The van der Waals surface area contributed by atoms with Gasteiger partial charge in [-0.15, -0.1) is 0 Å². The van der Waals surface area contributed by atoms with Crippen molar-refractivity contribution >= 4 is 17.4 Å². The third kappa shape index (κ3) is 5.29. The van der Waals surface area contributed by atoms with E-state index in [1.54, 1.807) is 0 Å². The number of nitrogens with one attached hydrogen (secondary N) is 1. The van der Waals surface area contributed by atoms with Gasteiger partial charge in [0, 0.05) is 48.1 Å². The monoisotopic (exact) mass is 512 g/mol. The number of rotatable bonds is 7. The second-order valence-corrected chi connectivity index (χ2v) is 10.9. The molecule has 200 valence electrons. The van der Waals surface area contributed by atoms with Crippen LogP contribution in [0.15, 0.2) is 77.1 Å². The standard InChI is InChI=1S/C33H40N2O3/c1-4-35(5-2)26-18-16-24(17-19-26)31-30(33(37)38-27-14-10-7-11-15-27)22(3)34-28-20-25(21-29(36)32(28)31)23-12-8-6-9-13-23/h6,8-9,12-13,16-19,25,27,31,34H,4-5,7,10-11,14-15,20-21H2,1-3H3/t25-,31-/m1/s1. The summed E-state index contributed by atoms with van der Waals surface area (Å²) in [5, 5.41) is 3.49. The molecule has 2 aromatic carbocycles. The lowest BCUT2D eigenvalue weighted by Gasteiger charge is -2.37. The van der Waals surface area contributed by atoms with Gasteiger partial charge in [0.1, 0.15) is 6.10 Å². The quantitative estimate of drug-likeness (QED) is 0.415. The predicted molar refractivity (Wildman–Crippen MR) is 152 cm³/mol. The van der Waals surface area contributed by atoms with E-state index in [0.29, 0.717) is 12.0 Å². The fourth-order valence-electron chi connectivity index (χ4n) is 6.47. The number of Topliss-reactive ketones (excluding diaryl/α,β-unsaturated/α-hetero) is 1. The van der Waals surface area contributed by atoms with Crippen molar-refractivity contribution < 1.29 is 14.3 Å². The average Bonchev–Trinajstić information content (AvgIpc) is 2.94. The summed E-state index contributed by atoms with van der Waals surface area (Å²) < 4.78 is 6.08. The van der Waals surface area contributed by atoms with Crippen LogP contribution in [-0.4, -0.2) is 30.9 Å². The van der Waals surface area contributed by atoms with E-state index in [-0.39, 0.29) is 23.8 Å². The van der Waals surface area contributed by atoms with Crippen LogP contribution >= 0.6 is 0 Å². The number of hydrogen-bond acceptors (Lipinski definition) is 5.